The fourth-order valence-corrected chi connectivity index (χ4v) is 3.87. The molecular formula is C15H14O2S. The van der Waals surface area contributed by atoms with Gasteiger partial charge in [-0.3, -0.25) is 4.79 Å². The van der Waals surface area contributed by atoms with Crippen LogP contribution in [0.25, 0.3) is 0 Å². The number of rotatable bonds is 2. The summed E-state index contributed by atoms with van der Waals surface area (Å²) in [4.78, 5) is 13.4. The summed E-state index contributed by atoms with van der Waals surface area (Å²) in [7, 11) is -1.14. The van der Waals surface area contributed by atoms with Crippen LogP contribution in [0.2, 0.25) is 0 Å². The fraction of sp³-hybridized carbons (Fsp3) is 0.267. The second-order valence-electron chi connectivity index (χ2n) is 4.56. The standard InChI is InChI=1S/C15H14O2S/c16-14-10-9-13-12(14)7-4-8-15(13)18(17)11-5-2-1-3-6-11/h2,4-8H,1,3,9-10H2. The minimum Gasteiger partial charge on any atom is -0.294 e. The van der Waals surface area contributed by atoms with Crippen LogP contribution in [0.15, 0.2) is 46.2 Å². The molecule has 1 aromatic rings. The number of Topliss-reactive ketones (excluding diaryl/α,β-unsaturated/α-hetero) is 1. The molecule has 0 saturated heterocycles. The molecule has 0 aliphatic heterocycles. The van der Waals surface area contributed by atoms with Crippen molar-refractivity contribution in [3.8, 4) is 0 Å². The van der Waals surface area contributed by atoms with E-state index in [0.717, 1.165) is 40.2 Å². The lowest BCUT2D eigenvalue weighted by Crippen LogP contribution is -2.01. The van der Waals surface area contributed by atoms with Crippen molar-refractivity contribution in [2.75, 3.05) is 0 Å². The number of carbonyl (C=O) groups is 1. The van der Waals surface area contributed by atoms with Gasteiger partial charge in [0.15, 0.2) is 5.78 Å². The van der Waals surface area contributed by atoms with E-state index >= 15 is 0 Å². The van der Waals surface area contributed by atoms with E-state index in [0.29, 0.717) is 6.42 Å². The van der Waals surface area contributed by atoms with E-state index in [1.165, 1.54) is 0 Å². The average Bonchev–Trinajstić information content (AvgIpc) is 2.81. The molecule has 1 aromatic carbocycles. The van der Waals surface area contributed by atoms with E-state index in [4.69, 9.17) is 0 Å². The summed E-state index contributed by atoms with van der Waals surface area (Å²) in [5.74, 6) is 0.178. The number of ketones is 1. The maximum Gasteiger partial charge on any atom is 0.163 e. The first-order valence-corrected chi connectivity index (χ1v) is 7.36. The van der Waals surface area contributed by atoms with Crippen LogP contribution in [-0.4, -0.2) is 9.99 Å². The number of carbonyl (C=O) groups excluding carboxylic acids is 1. The number of benzene rings is 1. The first-order valence-electron chi connectivity index (χ1n) is 6.21. The molecule has 0 radical (unpaired) electrons. The molecule has 0 bridgehead atoms. The summed E-state index contributed by atoms with van der Waals surface area (Å²) in [6.07, 6.45) is 9.28. The third-order valence-corrected chi connectivity index (χ3v) is 4.92. The lowest BCUT2D eigenvalue weighted by Gasteiger charge is -2.10. The third kappa shape index (κ3) is 1.89. The topological polar surface area (TPSA) is 34.1 Å². The first-order chi connectivity index (χ1) is 8.77. The van der Waals surface area contributed by atoms with E-state index in [-0.39, 0.29) is 5.78 Å². The highest BCUT2D eigenvalue weighted by molar-refractivity contribution is 7.89. The van der Waals surface area contributed by atoms with Crippen LogP contribution < -0.4 is 0 Å². The molecule has 0 amide bonds. The van der Waals surface area contributed by atoms with E-state index < -0.39 is 10.8 Å². The minimum absolute atomic E-state index is 0.178. The van der Waals surface area contributed by atoms with Crippen molar-refractivity contribution in [1.82, 2.24) is 0 Å². The Kier molecular flexibility index (Phi) is 3.00. The summed E-state index contributed by atoms with van der Waals surface area (Å²) in [5, 5.41) is 0. The van der Waals surface area contributed by atoms with E-state index in [1.54, 1.807) is 0 Å². The molecule has 2 aliphatic rings. The zero-order chi connectivity index (χ0) is 12.5. The quantitative estimate of drug-likeness (QED) is 0.816. The highest BCUT2D eigenvalue weighted by Crippen LogP contribution is 2.30. The van der Waals surface area contributed by atoms with Gasteiger partial charge in [0.05, 0.1) is 10.8 Å². The van der Waals surface area contributed by atoms with Gasteiger partial charge in [0.2, 0.25) is 0 Å². The fourth-order valence-electron chi connectivity index (χ4n) is 2.49. The van der Waals surface area contributed by atoms with Crippen LogP contribution >= 0.6 is 0 Å². The predicted octanol–water partition coefficient (Wildman–Crippen LogP) is 3.16. The van der Waals surface area contributed by atoms with Crippen molar-refractivity contribution >= 4 is 16.6 Å². The second kappa shape index (κ2) is 4.65. The average molecular weight is 258 g/mol. The molecule has 0 spiro atoms. The van der Waals surface area contributed by atoms with Gasteiger partial charge in [-0.15, -0.1) is 0 Å². The van der Waals surface area contributed by atoms with Crippen LogP contribution in [0.5, 0.6) is 0 Å². The van der Waals surface area contributed by atoms with E-state index in [1.807, 2.05) is 30.4 Å². The Morgan fingerprint density at radius 2 is 2.00 bits per heavy atom. The lowest BCUT2D eigenvalue weighted by molar-refractivity contribution is 0.0994. The Morgan fingerprint density at radius 3 is 2.78 bits per heavy atom. The van der Waals surface area contributed by atoms with Gasteiger partial charge >= 0.3 is 0 Å². The lowest BCUT2D eigenvalue weighted by atomic mass is 10.1. The molecule has 0 heterocycles. The number of hydrogen-bond acceptors (Lipinski definition) is 2. The highest BCUT2D eigenvalue weighted by Gasteiger charge is 2.24. The Balaban J connectivity index is 2.03. The Morgan fingerprint density at radius 1 is 1.11 bits per heavy atom. The van der Waals surface area contributed by atoms with Crippen LogP contribution in [0.3, 0.4) is 0 Å². The van der Waals surface area contributed by atoms with Crippen molar-refractivity contribution in [2.24, 2.45) is 0 Å². The van der Waals surface area contributed by atoms with E-state index in [2.05, 4.69) is 6.08 Å². The van der Waals surface area contributed by atoms with Crippen molar-refractivity contribution < 1.29 is 9.00 Å². The van der Waals surface area contributed by atoms with Gasteiger partial charge in [-0.05, 0) is 37.0 Å². The van der Waals surface area contributed by atoms with Gasteiger partial charge in [-0.2, -0.15) is 0 Å². The maximum absolute atomic E-state index is 12.5. The molecule has 0 aromatic heterocycles. The molecular weight excluding hydrogens is 244 g/mol. The zero-order valence-electron chi connectivity index (χ0n) is 10.0. The maximum atomic E-state index is 12.5. The van der Waals surface area contributed by atoms with Gasteiger partial charge in [0.25, 0.3) is 0 Å². The first kappa shape index (κ1) is 11.6. The zero-order valence-corrected chi connectivity index (χ0v) is 10.8. The van der Waals surface area contributed by atoms with Gasteiger partial charge in [-0.25, -0.2) is 4.21 Å². The number of fused-ring (bicyclic) bond motifs is 1. The summed E-state index contributed by atoms with van der Waals surface area (Å²) in [6, 6.07) is 5.57. The SMILES string of the molecule is O=C1CCc2c1cccc2S(=O)C1=CCCC=C1. The minimum atomic E-state index is -1.14. The van der Waals surface area contributed by atoms with Gasteiger partial charge in [0, 0.05) is 21.8 Å². The smallest absolute Gasteiger partial charge is 0.163 e. The molecule has 2 aliphatic carbocycles. The molecule has 0 fully saturated rings. The summed E-state index contributed by atoms with van der Waals surface area (Å²) >= 11 is 0. The van der Waals surface area contributed by atoms with Crippen LogP contribution in [0, 0.1) is 0 Å². The molecule has 0 N–H and O–H groups in total. The molecule has 3 rings (SSSR count). The van der Waals surface area contributed by atoms with Crippen LogP contribution in [0.4, 0.5) is 0 Å². The van der Waals surface area contributed by atoms with Crippen LogP contribution in [-0.2, 0) is 17.2 Å². The third-order valence-electron chi connectivity index (χ3n) is 3.41. The molecule has 2 nitrogen and oxygen atoms in total. The summed E-state index contributed by atoms with van der Waals surface area (Å²) in [5.41, 5.74) is 1.75. The summed E-state index contributed by atoms with van der Waals surface area (Å²) in [6.45, 7) is 0. The summed E-state index contributed by atoms with van der Waals surface area (Å²) < 4.78 is 12.5. The molecule has 3 heteroatoms. The van der Waals surface area contributed by atoms with Crippen molar-refractivity contribution in [3.05, 3.63) is 52.5 Å². The largest absolute Gasteiger partial charge is 0.294 e. The molecule has 92 valence electrons. The molecule has 18 heavy (non-hydrogen) atoms. The van der Waals surface area contributed by atoms with Crippen molar-refractivity contribution in [3.63, 3.8) is 0 Å². The van der Waals surface area contributed by atoms with Gasteiger partial charge < -0.3 is 0 Å². The molecule has 0 saturated carbocycles. The van der Waals surface area contributed by atoms with Crippen LogP contribution in [0.1, 0.15) is 35.2 Å². The molecule has 1 unspecified atom stereocenters. The van der Waals surface area contributed by atoms with Crippen molar-refractivity contribution in [1.29, 1.82) is 0 Å². The Labute approximate surface area is 109 Å². The molecule has 1 atom stereocenters. The van der Waals surface area contributed by atoms with E-state index in [9.17, 15) is 9.00 Å². The monoisotopic (exact) mass is 258 g/mol. The van der Waals surface area contributed by atoms with Gasteiger partial charge in [-0.1, -0.05) is 24.3 Å². The van der Waals surface area contributed by atoms with Gasteiger partial charge in [0.1, 0.15) is 0 Å². The highest BCUT2D eigenvalue weighted by atomic mass is 32.2. The second-order valence-corrected chi connectivity index (χ2v) is 6.01. The van der Waals surface area contributed by atoms with Crippen molar-refractivity contribution in [2.45, 2.75) is 30.6 Å². The number of hydrogen-bond donors (Lipinski definition) is 0. The Hall–Kier alpha value is -1.48. The Bertz CT molecular complexity index is 597. The number of allylic oxidation sites excluding steroid dienone is 3. The normalized spacial score (nSPS) is 19.6. The predicted molar refractivity (Wildman–Crippen MR) is 72.0 cm³/mol.